The Kier molecular flexibility index (Phi) is 3.70. The van der Waals surface area contributed by atoms with E-state index < -0.39 is 42.4 Å². The van der Waals surface area contributed by atoms with Crippen LogP contribution in [0.25, 0.3) is 0 Å². The minimum Gasteiger partial charge on any atom is -0.481 e. The Balaban J connectivity index is 2.05. The van der Waals surface area contributed by atoms with Gasteiger partial charge in [-0.15, -0.1) is 0 Å². The first-order valence-corrected chi connectivity index (χ1v) is 6.43. The fourth-order valence-corrected chi connectivity index (χ4v) is 2.59. The highest BCUT2D eigenvalue weighted by atomic mass is 19.4. The summed E-state index contributed by atoms with van der Waals surface area (Å²) in [5.74, 6) is -2.78. The molecule has 1 saturated carbocycles. The number of nitrogens with zero attached hydrogens (tertiary/aromatic N) is 1. The van der Waals surface area contributed by atoms with E-state index in [1.165, 1.54) is 0 Å². The highest BCUT2D eigenvalue weighted by Gasteiger charge is 2.65. The Labute approximate surface area is 113 Å². The largest absolute Gasteiger partial charge is 0.481 e. The smallest absolute Gasteiger partial charge is 0.406 e. The fraction of sp³-hybridized carbons (Fsp3) is 0.833. The molecule has 1 amide bonds. The molecule has 0 spiro atoms. The third-order valence-electron chi connectivity index (χ3n) is 3.96. The Morgan fingerprint density at radius 2 is 2.10 bits per heavy atom. The van der Waals surface area contributed by atoms with Gasteiger partial charge in [0.2, 0.25) is 5.91 Å². The number of hydrogen-bond donors (Lipinski definition) is 1. The van der Waals surface area contributed by atoms with Gasteiger partial charge in [0.05, 0.1) is 12.0 Å². The number of likely N-dealkylation sites (tertiary alicyclic amines) is 1. The number of carboxylic acids is 1. The van der Waals surface area contributed by atoms with Gasteiger partial charge in [0, 0.05) is 19.7 Å². The lowest BCUT2D eigenvalue weighted by molar-refractivity contribution is -0.227. The van der Waals surface area contributed by atoms with E-state index in [0.29, 0.717) is 13.0 Å². The van der Waals surface area contributed by atoms with Crippen LogP contribution in [-0.4, -0.2) is 53.9 Å². The average molecular weight is 295 g/mol. The van der Waals surface area contributed by atoms with E-state index in [4.69, 9.17) is 9.84 Å². The molecule has 1 aliphatic carbocycles. The molecule has 3 unspecified atom stereocenters. The van der Waals surface area contributed by atoms with Crippen molar-refractivity contribution >= 4 is 11.9 Å². The van der Waals surface area contributed by atoms with Gasteiger partial charge in [-0.2, -0.15) is 13.2 Å². The molecule has 20 heavy (non-hydrogen) atoms. The molecule has 2 aliphatic rings. The first kappa shape index (κ1) is 15.1. The van der Waals surface area contributed by atoms with E-state index in [9.17, 15) is 22.8 Å². The molecule has 0 aromatic carbocycles. The summed E-state index contributed by atoms with van der Waals surface area (Å²) < 4.78 is 44.1. The number of aliphatic carboxylic acids is 1. The van der Waals surface area contributed by atoms with Crippen LogP contribution in [0.5, 0.6) is 0 Å². The van der Waals surface area contributed by atoms with E-state index in [0.717, 1.165) is 4.90 Å². The minimum absolute atomic E-state index is 0.181. The van der Waals surface area contributed by atoms with Crippen molar-refractivity contribution in [1.29, 1.82) is 0 Å². The second-order valence-corrected chi connectivity index (χ2v) is 5.23. The molecule has 0 aromatic heterocycles. The van der Waals surface area contributed by atoms with Crippen LogP contribution in [0.3, 0.4) is 0 Å². The molecule has 1 heterocycles. The highest BCUT2D eigenvalue weighted by Crippen LogP contribution is 2.47. The Bertz CT molecular complexity index is 425. The van der Waals surface area contributed by atoms with Gasteiger partial charge in [-0.1, -0.05) is 0 Å². The van der Waals surface area contributed by atoms with Gasteiger partial charge < -0.3 is 14.7 Å². The van der Waals surface area contributed by atoms with Crippen molar-refractivity contribution in [3.63, 3.8) is 0 Å². The van der Waals surface area contributed by atoms with Gasteiger partial charge >= 0.3 is 12.1 Å². The standard InChI is InChI=1S/C12H16F3NO4/c1-2-20-8-5-7(8)9(17)16-4-3-11(6-16,10(18)19)12(13,14)15/h7-8H,2-6H2,1H3,(H,18,19). The van der Waals surface area contributed by atoms with Crippen LogP contribution in [0.2, 0.25) is 0 Å². The maximum Gasteiger partial charge on any atom is 0.406 e. The van der Waals surface area contributed by atoms with Crippen LogP contribution in [-0.2, 0) is 14.3 Å². The number of ether oxygens (including phenoxy) is 1. The molecule has 3 atom stereocenters. The van der Waals surface area contributed by atoms with Crippen molar-refractivity contribution in [3.8, 4) is 0 Å². The monoisotopic (exact) mass is 295 g/mol. The topological polar surface area (TPSA) is 66.8 Å². The predicted octanol–water partition coefficient (Wildman–Crippen LogP) is 1.28. The third kappa shape index (κ3) is 2.36. The number of alkyl halides is 3. The maximum atomic E-state index is 13.0. The fourth-order valence-electron chi connectivity index (χ4n) is 2.59. The lowest BCUT2D eigenvalue weighted by Gasteiger charge is -2.27. The third-order valence-corrected chi connectivity index (χ3v) is 3.96. The molecule has 114 valence electrons. The number of carboxylic acid groups (broad SMARTS) is 1. The van der Waals surface area contributed by atoms with Crippen LogP contribution < -0.4 is 0 Å². The second-order valence-electron chi connectivity index (χ2n) is 5.23. The number of halogens is 3. The second kappa shape index (κ2) is 4.91. The molecule has 2 fully saturated rings. The van der Waals surface area contributed by atoms with E-state index in [-0.39, 0.29) is 12.6 Å². The Morgan fingerprint density at radius 1 is 1.45 bits per heavy atom. The molecular formula is C12H16F3NO4. The zero-order chi connectivity index (χ0) is 15.1. The van der Waals surface area contributed by atoms with Crippen molar-refractivity contribution in [1.82, 2.24) is 4.90 Å². The summed E-state index contributed by atoms with van der Waals surface area (Å²) in [5.41, 5.74) is -2.83. The summed E-state index contributed by atoms with van der Waals surface area (Å²) in [4.78, 5) is 24.0. The van der Waals surface area contributed by atoms with Crippen LogP contribution in [0.15, 0.2) is 0 Å². The molecule has 0 aromatic rings. The Hall–Kier alpha value is -1.31. The van der Waals surface area contributed by atoms with E-state index in [1.54, 1.807) is 6.92 Å². The molecule has 0 radical (unpaired) electrons. The van der Waals surface area contributed by atoms with Crippen molar-refractivity contribution < 1.29 is 32.6 Å². The van der Waals surface area contributed by atoms with Gasteiger partial charge in [-0.05, 0) is 19.8 Å². The van der Waals surface area contributed by atoms with E-state index >= 15 is 0 Å². The highest BCUT2D eigenvalue weighted by molar-refractivity contribution is 5.84. The normalized spacial score (nSPS) is 33.3. The number of amides is 1. The summed E-state index contributed by atoms with van der Waals surface area (Å²) in [6, 6.07) is 0. The number of hydrogen-bond acceptors (Lipinski definition) is 3. The molecule has 1 aliphatic heterocycles. The van der Waals surface area contributed by atoms with Crippen LogP contribution in [0, 0.1) is 11.3 Å². The van der Waals surface area contributed by atoms with Gasteiger partial charge in [0.15, 0.2) is 5.41 Å². The van der Waals surface area contributed by atoms with Gasteiger partial charge in [0.25, 0.3) is 0 Å². The molecule has 5 nitrogen and oxygen atoms in total. The predicted molar refractivity (Wildman–Crippen MR) is 60.8 cm³/mol. The average Bonchev–Trinajstić information content (AvgIpc) is 2.93. The molecule has 1 saturated heterocycles. The number of carbonyl (C=O) groups excluding carboxylic acids is 1. The molecule has 1 N–H and O–H groups in total. The van der Waals surface area contributed by atoms with Gasteiger partial charge in [-0.25, -0.2) is 0 Å². The van der Waals surface area contributed by atoms with Crippen molar-refractivity contribution in [2.24, 2.45) is 11.3 Å². The molecule has 2 rings (SSSR count). The van der Waals surface area contributed by atoms with Crippen LogP contribution in [0.4, 0.5) is 13.2 Å². The first-order valence-electron chi connectivity index (χ1n) is 6.43. The minimum atomic E-state index is -4.86. The number of rotatable bonds is 4. The van der Waals surface area contributed by atoms with E-state index in [1.807, 2.05) is 0 Å². The van der Waals surface area contributed by atoms with Crippen LogP contribution in [0.1, 0.15) is 19.8 Å². The zero-order valence-corrected chi connectivity index (χ0v) is 10.9. The van der Waals surface area contributed by atoms with Crippen molar-refractivity contribution in [2.45, 2.75) is 32.0 Å². The first-order chi connectivity index (χ1) is 9.23. The maximum absolute atomic E-state index is 13.0. The lowest BCUT2D eigenvalue weighted by Crippen LogP contribution is -2.48. The zero-order valence-electron chi connectivity index (χ0n) is 10.9. The Morgan fingerprint density at radius 3 is 2.55 bits per heavy atom. The molecule has 0 bridgehead atoms. The van der Waals surface area contributed by atoms with Crippen molar-refractivity contribution in [3.05, 3.63) is 0 Å². The SMILES string of the molecule is CCOC1CC1C(=O)N1CCC(C(=O)O)(C(F)(F)F)C1. The summed E-state index contributed by atoms with van der Waals surface area (Å²) >= 11 is 0. The van der Waals surface area contributed by atoms with Crippen molar-refractivity contribution in [2.75, 3.05) is 19.7 Å². The summed E-state index contributed by atoms with van der Waals surface area (Å²) in [6.45, 7) is 1.23. The summed E-state index contributed by atoms with van der Waals surface area (Å²) in [6.07, 6.45) is -5.20. The van der Waals surface area contributed by atoms with Gasteiger partial charge in [-0.3, -0.25) is 9.59 Å². The molecular weight excluding hydrogens is 279 g/mol. The number of carbonyl (C=O) groups is 2. The molecule has 8 heteroatoms. The van der Waals surface area contributed by atoms with Crippen LogP contribution >= 0.6 is 0 Å². The summed E-state index contributed by atoms with van der Waals surface area (Å²) in [5, 5.41) is 8.91. The quantitative estimate of drug-likeness (QED) is 0.848. The van der Waals surface area contributed by atoms with E-state index in [2.05, 4.69) is 0 Å². The van der Waals surface area contributed by atoms with Gasteiger partial charge in [0.1, 0.15) is 0 Å². The summed E-state index contributed by atoms with van der Waals surface area (Å²) in [7, 11) is 0. The lowest BCUT2D eigenvalue weighted by atomic mass is 9.86.